The van der Waals surface area contributed by atoms with Gasteiger partial charge in [-0.05, 0) is 25.0 Å². The zero-order chi connectivity index (χ0) is 13.1. The van der Waals surface area contributed by atoms with Crippen LogP contribution in [0.4, 0.5) is 14.5 Å². The van der Waals surface area contributed by atoms with Gasteiger partial charge >= 0.3 is 0 Å². The summed E-state index contributed by atoms with van der Waals surface area (Å²) in [5.41, 5.74) is 4.98. The average molecular weight is 256 g/mol. The Balaban J connectivity index is 2.04. The molecule has 0 bridgehead atoms. The molecule has 0 radical (unpaired) electrons. The number of rotatable bonds is 3. The molecule has 1 fully saturated rings. The number of nitrogens with one attached hydrogen (secondary N) is 1. The van der Waals surface area contributed by atoms with E-state index in [9.17, 15) is 13.6 Å². The second-order valence-corrected chi connectivity index (χ2v) is 4.15. The summed E-state index contributed by atoms with van der Waals surface area (Å²) in [5.74, 6) is -2.16. The van der Waals surface area contributed by atoms with E-state index in [4.69, 9.17) is 10.5 Å². The minimum Gasteiger partial charge on any atom is -0.364 e. The summed E-state index contributed by atoms with van der Waals surface area (Å²) in [6.07, 6.45) is 0.321. The zero-order valence-corrected chi connectivity index (χ0v) is 9.66. The summed E-state index contributed by atoms with van der Waals surface area (Å²) < 4.78 is 32.0. The summed E-state index contributed by atoms with van der Waals surface area (Å²) in [7, 11) is 0. The molecule has 0 aliphatic carbocycles. The third-order valence-corrected chi connectivity index (χ3v) is 2.87. The maximum absolute atomic E-state index is 13.3. The quantitative estimate of drug-likeness (QED) is 0.859. The van der Waals surface area contributed by atoms with E-state index in [1.165, 1.54) is 6.07 Å². The predicted molar refractivity (Wildman–Crippen MR) is 61.9 cm³/mol. The maximum atomic E-state index is 13.3. The van der Waals surface area contributed by atoms with E-state index in [2.05, 4.69) is 5.32 Å². The first kappa shape index (κ1) is 12.9. The molecular weight excluding hydrogens is 242 g/mol. The fourth-order valence-corrected chi connectivity index (χ4v) is 1.89. The van der Waals surface area contributed by atoms with Crippen molar-refractivity contribution < 1.29 is 18.3 Å². The number of amides is 1. The van der Waals surface area contributed by atoms with Gasteiger partial charge in [-0.2, -0.15) is 0 Å². The molecule has 3 N–H and O–H groups in total. The molecule has 0 aromatic heterocycles. The molecule has 6 heteroatoms. The number of carbonyl (C=O) groups is 1. The number of para-hydroxylation sites is 1. The Bertz CT molecular complexity index is 433. The fraction of sp³-hybridized carbons (Fsp3) is 0.417. The van der Waals surface area contributed by atoms with Gasteiger partial charge in [0.1, 0.15) is 23.4 Å². The number of carbonyl (C=O) groups excluding carboxylic acids is 1. The van der Waals surface area contributed by atoms with E-state index in [1.807, 2.05) is 0 Å². The van der Waals surface area contributed by atoms with Crippen molar-refractivity contribution in [3.63, 3.8) is 0 Å². The van der Waals surface area contributed by atoms with E-state index < -0.39 is 29.3 Å². The second-order valence-electron chi connectivity index (χ2n) is 4.15. The van der Waals surface area contributed by atoms with E-state index in [0.29, 0.717) is 19.4 Å². The van der Waals surface area contributed by atoms with Crippen molar-refractivity contribution in [2.75, 3.05) is 11.9 Å². The molecule has 18 heavy (non-hydrogen) atoms. The average Bonchev–Trinajstić information content (AvgIpc) is 2.82. The van der Waals surface area contributed by atoms with Crippen molar-refractivity contribution in [3.8, 4) is 0 Å². The first-order valence-corrected chi connectivity index (χ1v) is 5.72. The van der Waals surface area contributed by atoms with E-state index in [1.54, 1.807) is 0 Å². The molecule has 0 spiro atoms. The number of halogens is 2. The lowest BCUT2D eigenvalue weighted by molar-refractivity contribution is -0.126. The van der Waals surface area contributed by atoms with Gasteiger partial charge in [0.15, 0.2) is 0 Å². The molecule has 4 nitrogen and oxygen atoms in total. The predicted octanol–water partition coefficient (Wildman–Crippen LogP) is 1.41. The summed E-state index contributed by atoms with van der Waals surface area (Å²) in [4.78, 5) is 11.8. The van der Waals surface area contributed by atoms with Gasteiger partial charge in [-0.25, -0.2) is 8.78 Å². The number of anilines is 1. The highest BCUT2D eigenvalue weighted by Gasteiger charge is 2.30. The first-order chi connectivity index (χ1) is 8.61. The smallest absolute Gasteiger partial charge is 0.253 e. The normalized spacial score (nSPS) is 23.1. The monoisotopic (exact) mass is 256 g/mol. The molecule has 2 unspecified atom stereocenters. The van der Waals surface area contributed by atoms with Crippen LogP contribution in [0.1, 0.15) is 12.8 Å². The van der Waals surface area contributed by atoms with Crippen LogP contribution >= 0.6 is 0 Å². The van der Waals surface area contributed by atoms with Gasteiger partial charge in [0.2, 0.25) is 0 Å². The third-order valence-electron chi connectivity index (χ3n) is 2.87. The Kier molecular flexibility index (Phi) is 3.88. The van der Waals surface area contributed by atoms with E-state index in [-0.39, 0.29) is 6.10 Å². The van der Waals surface area contributed by atoms with Gasteiger partial charge in [-0.1, -0.05) is 6.07 Å². The van der Waals surface area contributed by atoms with Crippen LogP contribution in [-0.4, -0.2) is 24.7 Å². The van der Waals surface area contributed by atoms with E-state index in [0.717, 1.165) is 12.1 Å². The molecule has 1 aromatic rings. The molecular formula is C12H14F2N2O2. The summed E-state index contributed by atoms with van der Waals surface area (Å²) >= 11 is 0. The van der Waals surface area contributed by atoms with Gasteiger partial charge in [-0.3, -0.25) is 4.79 Å². The van der Waals surface area contributed by atoms with Crippen LogP contribution in [0.15, 0.2) is 18.2 Å². The lowest BCUT2D eigenvalue weighted by Crippen LogP contribution is -2.30. The van der Waals surface area contributed by atoms with Crippen LogP contribution in [-0.2, 0) is 9.53 Å². The van der Waals surface area contributed by atoms with Gasteiger partial charge in [0, 0.05) is 6.54 Å². The van der Waals surface area contributed by atoms with Crippen molar-refractivity contribution in [1.82, 2.24) is 0 Å². The highest BCUT2D eigenvalue weighted by atomic mass is 19.1. The largest absolute Gasteiger partial charge is 0.364 e. The molecule has 1 aliphatic heterocycles. The van der Waals surface area contributed by atoms with Crippen LogP contribution < -0.4 is 11.1 Å². The zero-order valence-electron chi connectivity index (χ0n) is 9.66. The van der Waals surface area contributed by atoms with Crippen molar-refractivity contribution in [2.45, 2.75) is 25.0 Å². The number of benzene rings is 1. The Hall–Kier alpha value is -1.53. The Labute approximate surface area is 103 Å². The van der Waals surface area contributed by atoms with Gasteiger partial charge in [0.25, 0.3) is 5.91 Å². The lowest BCUT2D eigenvalue weighted by atomic mass is 10.2. The highest BCUT2D eigenvalue weighted by molar-refractivity contribution is 5.94. The molecule has 1 amide bonds. The Morgan fingerprint density at radius 3 is 2.61 bits per heavy atom. The molecule has 1 aromatic carbocycles. The van der Waals surface area contributed by atoms with Crippen molar-refractivity contribution in [1.29, 1.82) is 0 Å². The molecule has 0 saturated carbocycles. The number of ether oxygens (including phenoxy) is 1. The number of nitrogens with two attached hydrogens (primary N) is 1. The van der Waals surface area contributed by atoms with Crippen LogP contribution in [0.5, 0.6) is 0 Å². The molecule has 2 atom stereocenters. The van der Waals surface area contributed by atoms with Crippen molar-refractivity contribution in [3.05, 3.63) is 29.8 Å². The first-order valence-electron chi connectivity index (χ1n) is 5.72. The number of hydrogen-bond donors (Lipinski definition) is 2. The van der Waals surface area contributed by atoms with Gasteiger partial charge < -0.3 is 15.8 Å². The minimum atomic E-state index is -0.809. The SMILES string of the molecule is NCC1CCC(C(=O)Nc2c(F)cccc2F)O1. The molecule has 98 valence electrons. The fourth-order valence-electron chi connectivity index (χ4n) is 1.89. The van der Waals surface area contributed by atoms with Crippen molar-refractivity contribution in [2.24, 2.45) is 5.73 Å². The van der Waals surface area contributed by atoms with Gasteiger partial charge in [0.05, 0.1) is 6.10 Å². The highest BCUT2D eigenvalue weighted by Crippen LogP contribution is 2.23. The van der Waals surface area contributed by atoms with Crippen LogP contribution in [0.25, 0.3) is 0 Å². The molecule has 1 aliphatic rings. The summed E-state index contributed by atoms with van der Waals surface area (Å²) in [5, 5.41) is 2.21. The van der Waals surface area contributed by atoms with Gasteiger partial charge in [-0.15, -0.1) is 0 Å². The lowest BCUT2D eigenvalue weighted by Gasteiger charge is -2.13. The summed E-state index contributed by atoms with van der Waals surface area (Å²) in [6.45, 7) is 0.331. The third kappa shape index (κ3) is 2.65. The summed E-state index contributed by atoms with van der Waals surface area (Å²) in [6, 6.07) is 3.39. The Morgan fingerprint density at radius 2 is 2.06 bits per heavy atom. The van der Waals surface area contributed by atoms with E-state index >= 15 is 0 Å². The number of hydrogen-bond acceptors (Lipinski definition) is 3. The molecule has 1 heterocycles. The standard InChI is InChI=1S/C12H14F2N2O2/c13-8-2-1-3-9(14)11(8)16-12(17)10-5-4-7(6-15)18-10/h1-3,7,10H,4-6,15H2,(H,16,17). The van der Waals surface area contributed by atoms with Crippen LogP contribution in [0, 0.1) is 11.6 Å². The maximum Gasteiger partial charge on any atom is 0.253 e. The Morgan fingerprint density at radius 1 is 1.39 bits per heavy atom. The second kappa shape index (κ2) is 5.41. The van der Waals surface area contributed by atoms with Crippen LogP contribution in [0.2, 0.25) is 0 Å². The molecule has 1 saturated heterocycles. The molecule has 2 rings (SSSR count). The van der Waals surface area contributed by atoms with Crippen LogP contribution in [0.3, 0.4) is 0 Å². The van der Waals surface area contributed by atoms with Crippen molar-refractivity contribution >= 4 is 11.6 Å². The minimum absolute atomic E-state index is 0.161. The topological polar surface area (TPSA) is 64.4 Å².